The summed E-state index contributed by atoms with van der Waals surface area (Å²) in [5.74, 6) is 0.132. The van der Waals surface area contributed by atoms with Crippen LogP contribution in [-0.4, -0.2) is 43.2 Å². The number of hydrogen-bond donors (Lipinski definition) is 0. The van der Waals surface area contributed by atoms with E-state index in [1.165, 1.54) is 43.0 Å². The van der Waals surface area contributed by atoms with Gasteiger partial charge in [-0.05, 0) is 77.5 Å². The van der Waals surface area contributed by atoms with Crippen LogP contribution in [0.5, 0.6) is 11.5 Å². The SMILES string of the molecule is COC(=O)c1ccc(N=C2SC(=Cc3ccc(OCc4ccc(F)cc4)c(OC)c3)C(=O)N2C)cc1. The van der Waals surface area contributed by atoms with Gasteiger partial charge in [-0.15, -0.1) is 0 Å². The number of nitrogens with zero attached hydrogens (tertiary/aromatic N) is 2. The van der Waals surface area contributed by atoms with Crippen LogP contribution in [-0.2, 0) is 16.1 Å². The molecule has 0 spiro atoms. The van der Waals surface area contributed by atoms with E-state index in [1.807, 2.05) is 6.07 Å². The van der Waals surface area contributed by atoms with Crippen molar-refractivity contribution in [1.29, 1.82) is 0 Å². The zero-order valence-electron chi connectivity index (χ0n) is 19.9. The van der Waals surface area contributed by atoms with E-state index in [9.17, 15) is 14.0 Å². The number of aliphatic imine (C=N–C) groups is 1. The van der Waals surface area contributed by atoms with Gasteiger partial charge in [-0.1, -0.05) is 18.2 Å². The summed E-state index contributed by atoms with van der Waals surface area (Å²) in [5, 5.41) is 0.517. The van der Waals surface area contributed by atoms with Crippen molar-refractivity contribution in [1.82, 2.24) is 4.90 Å². The molecular formula is C27H23FN2O5S. The van der Waals surface area contributed by atoms with Gasteiger partial charge in [0.2, 0.25) is 0 Å². The molecular weight excluding hydrogens is 483 g/mol. The van der Waals surface area contributed by atoms with Crippen LogP contribution in [0.4, 0.5) is 10.1 Å². The Morgan fingerprint density at radius 3 is 2.42 bits per heavy atom. The first-order chi connectivity index (χ1) is 17.4. The van der Waals surface area contributed by atoms with Gasteiger partial charge in [-0.2, -0.15) is 0 Å². The summed E-state index contributed by atoms with van der Waals surface area (Å²) in [6.45, 7) is 0.261. The van der Waals surface area contributed by atoms with Gasteiger partial charge in [0.05, 0.1) is 30.4 Å². The maximum atomic E-state index is 13.1. The number of amidine groups is 1. The Labute approximate surface area is 212 Å². The van der Waals surface area contributed by atoms with E-state index in [4.69, 9.17) is 14.2 Å². The number of methoxy groups -OCH3 is 2. The van der Waals surface area contributed by atoms with Gasteiger partial charge in [0.25, 0.3) is 5.91 Å². The largest absolute Gasteiger partial charge is 0.493 e. The van der Waals surface area contributed by atoms with Crippen molar-refractivity contribution in [2.45, 2.75) is 6.61 Å². The Morgan fingerprint density at radius 1 is 1.03 bits per heavy atom. The molecule has 1 heterocycles. The Kier molecular flexibility index (Phi) is 7.70. The van der Waals surface area contributed by atoms with Crippen molar-refractivity contribution in [3.05, 3.63) is 94.1 Å². The van der Waals surface area contributed by atoms with Crippen molar-refractivity contribution >= 4 is 40.6 Å². The summed E-state index contributed by atoms with van der Waals surface area (Å²) in [7, 11) is 4.52. The predicted molar refractivity (Wildman–Crippen MR) is 137 cm³/mol. The van der Waals surface area contributed by atoms with Gasteiger partial charge in [-0.25, -0.2) is 14.2 Å². The quantitative estimate of drug-likeness (QED) is 0.314. The van der Waals surface area contributed by atoms with E-state index in [-0.39, 0.29) is 18.3 Å². The summed E-state index contributed by atoms with van der Waals surface area (Å²) in [5.41, 5.74) is 2.61. The molecule has 36 heavy (non-hydrogen) atoms. The van der Waals surface area contributed by atoms with E-state index < -0.39 is 5.97 Å². The fourth-order valence-corrected chi connectivity index (χ4v) is 4.33. The maximum absolute atomic E-state index is 13.1. The second kappa shape index (κ2) is 11.1. The Bertz CT molecular complexity index is 1340. The number of benzene rings is 3. The van der Waals surface area contributed by atoms with Crippen molar-refractivity contribution in [3.63, 3.8) is 0 Å². The van der Waals surface area contributed by atoms with E-state index in [2.05, 4.69) is 4.99 Å². The summed E-state index contributed by atoms with van der Waals surface area (Å²) in [4.78, 5) is 30.9. The lowest BCUT2D eigenvalue weighted by atomic mass is 10.2. The first-order valence-electron chi connectivity index (χ1n) is 10.9. The highest BCUT2D eigenvalue weighted by atomic mass is 32.2. The first-order valence-corrected chi connectivity index (χ1v) is 11.7. The third-order valence-electron chi connectivity index (χ3n) is 5.31. The Balaban J connectivity index is 1.49. The van der Waals surface area contributed by atoms with Crippen LogP contribution in [0, 0.1) is 5.82 Å². The number of hydrogen-bond acceptors (Lipinski definition) is 7. The minimum absolute atomic E-state index is 0.180. The van der Waals surface area contributed by atoms with Crippen molar-refractivity contribution < 1.29 is 28.2 Å². The van der Waals surface area contributed by atoms with Gasteiger partial charge >= 0.3 is 5.97 Å². The fraction of sp³-hybridized carbons (Fsp3) is 0.148. The van der Waals surface area contributed by atoms with Crippen LogP contribution in [0.3, 0.4) is 0 Å². The summed E-state index contributed by atoms with van der Waals surface area (Å²) in [6, 6.07) is 18.1. The normalized spacial score (nSPS) is 15.4. The average Bonchev–Trinajstić information content (AvgIpc) is 3.16. The number of carbonyl (C=O) groups is 2. The molecule has 0 aromatic heterocycles. The summed E-state index contributed by atoms with van der Waals surface area (Å²) >= 11 is 1.25. The second-order valence-corrected chi connectivity index (χ2v) is 8.74. The van der Waals surface area contributed by atoms with Gasteiger partial charge in [0.1, 0.15) is 12.4 Å². The molecule has 0 atom stereocenters. The molecule has 0 N–H and O–H groups in total. The topological polar surface area (TPSA) is 77.4 Å². The minimum Gasteiger partial charge on any atom is -0.493 e. The van der Waals surface area contributed by atoms with Crippen molar-refractivity contribution in [2.24, 2.45) is 4.99 Å². The van der Waals surface area contributed by atoms with Crippen LogP contribution in [0.15, 0.2) is 76.6 Å². The smallest absolute Gasteiger partial charge is 0.337 e. The number of esters is 1. The summed E-state index contributed by atoms with van der Waals surface area (Å²) < 4.78 is 29.1. The molecule has 3 aromatic carbocycles. The van der Waals surface area contributed by atoms with Crippen LogP contribution in [0.1, 0.15) is 21.5 Å². The standard InChI is InChI=1S/C27H23FN2O5S/c1-30-25(31)24(36-27(30)29-21-11-7-19(8-12-21)26(32)34-3)15-18-6-13-22(23(14-18)33-2)35-16-17-4-9-20(28)10-5-17/h4-15H,16H2,1-3H3. The molecule has 0 saturated carbocycles. The van der Waals surface area contributed by atoms with Crippen LogP contribution < -0.4 is 9.47 Å². The van der Waals surface area contributed by atoms with Crippen LogP contribution >= 0.6 is 11.8 Å². The van der Waals surface area contributed by atoms with E-state index >= 15 is 0 Å². The molecule has 3 aromatic rings. The van der Waals surface area contributed by atoms with E-state index in [0.717, 1.165) is 11.1 Å². The molecule has 4 rings (SSSR count). The number of carbonyl (C=O) groups excluding carboxylic acids is 2. The fourth-order valence-electron chi connectivity index (χ4n) is 3.34. The number of thioether (sulfide) groups is 1. The zero-order valence-corrected chi connectivity index (χ0v) is 20.7. The molecule has 9 heteroatoms. The van der Waals surface area contributed by atoms with Gasteiger partial charge in [0.15, 0.2) is 16.7 Å². The molecule has 0 bridgehead atoms. The highest BCUT2D eigenvalue weighted by Gasteiger charge is 2.30. The van der Waals surface area contributed by atoms with Crippen LogP contribution in [0.2, 0.25) is 0 Å². The molecule has 1 aliphatic heterocycles. The molecule has 1 fully saturated rings. The number of likely N-dealkylation sites (N-methyl/N-ethyl adjacent to an activating group) is 1. The molecule has 1 amide bonds. The lowest BCUT2D eigenvalue weighted by molar-refractivity contribution is -0.121. The third kappa shape index (κ3) is 5.75. The Morgan fingerprint density at radius 2 is 1.75 bits per heavy atom. The van der Waals surface area contributed by atoms with Crippen molar-refractivity contribution in [3.8, 4) is 11.5 Å². The molecule has 1 aliphatic rings. The monoisotopic (exact) mass is 506 g/mol. The number of amides is 1. The molecule has 0 radical (unpaired) electrons. The second-order valence-electron chi connectivity index (χ2n) is 7.73. The maximum Gasteiger partial charge on any atom is 0.337 e. The molecule has 0 unspecified atom stereocenters. The minimum atomic E-state index is -0.427. The number of ether oxygens (including phenoxy) is 3. The molecule has 7 nitrogen and oxygen atoms in total. The molecule has 0 aliphatic carbocycles. The van der Waals surface area contributed by atoms with Gasteiger partial charge in [0, 0.05) is 7.05 Å². The highest BCUT2D eigenvalue weighted by molar-refractivity contribution is 8.18. The highest BCUT2D eigenvalue weighted by Crippen LogP contribution is 2.35. The predicted octanol–water partition coefficient (Wildman–Crippen LogP) is 5.43. The lowest BCUT2D eigenvalue weighted by Crippen LogP contribution is -2.23. The van der Waals surface area contributed by atoms with Crippen LogP contribution in [0.25, 0.3) is 6.08 Å². The lowest BCUT2D eigenvalue weighted by Gasteiger charge is -2.11. The third-order valence-corrected chi connectivity index (χ3v) is 6.37. The number of rotatable bonds is 7. The van der Waals surface area contributed by atoms with E-state index in [0.29, 0.717) is 32.8 Å². The zero-order chi connectivity index (χ0) is 25.7. The average molecular weight is 507 g/mol. The number of halogens is 1. The first kappa shape index (κ1) is 25.0. The van der Waals surface area contributed by atoms with Gasteiger partial charge in [-0.3, -0.25) is 9.69 Å². The Hall–Kier alpha value is -4.11. The van der Waals surface area contributed by atoms with Gasteiger partial charge < -0.3 is 14.2 Å². The molecule has 1 saturated heterocycles. The molecule has 184 valence electrons. The van der Waals surface area contributed by atoms with E-state index in [1.54, 1.807) is 61.7 Å². The van der Waals surface area contributed by atoms with Crippen molar-refractivity contribution in [2.75, 3.05) is 21.3 Å². The summed E-state index contributed by atoms with van der Waals surface area (Å²) in [6.07, 6.45) is 1.76.